The number of carboxylic acids is 1. The lowest BCUT2D eigenvalue weighted by Crippen LogP contribution is -2.21. The highest BCUT2D eigenvalue weighted by Crippen LogP contribution is 2.37. The van der Waals surface area contributed by atoms with Gasteiger partial charge in [-0.05, 0) is 12.1 Å². The van der Waals surface area contributed by atoms with Crippen molar-refractivity contribution in [3.05, 3.63) is 22.7 Å². The van der Waals surface area contributed by atoms with Crippen LogP contribution >= 0.6 is 11.6 Å². The van der Waals surface area contributed by atoms with E-state index in [1.807, 2.05) is 0 Å². The van der Waals surface area contributed by atoms with Crippen LogP contribution in [0.15, 0.2) is 12.1 Å². The van der Waals surface area contributed by atoms with E-state index in [1.54, 1.807) is 0 Å². The van der Waals surface area contributed by atoms with Gasteiger partial charge in [0.05, 0.1) is 7.11 Å². The fraction of sp³-hybridized carbons (Fsp3) is 0.222. The van der Waals surface area contributed by atoms with Gasteiger partial charge in [-0.15, -0.1) is 0 Å². The van der Waals surface area contributed by atoms with Crippen molar-refractivity contribution >= 4 is 17.6 Å². The summed E-state index contributed by atoms with van der Waals surface area (Å²) in [5.41, 5.74) is 5.31. The summed E-state index contributed by atoms with van der Waals surface area (Å²) in [4.78, 5) is 10.7. The third-order valence-electron chi connectivity index (χ3n) is 1.92. The normalized spacial score (nSPS) is 12.2. The predicted molar refractivity (Wildman–Crippen MR) is 54.2 cm³/mol. The van der Waals surface area contributed by atoms with E-state index in [2.05, 4.69) is 0 Å². The Kier molecular flexibility index (Phi) is 3.39. The number of carboxylic acid groups (broad SMARTS) is 1. The van der Waals surface area contributed by atoms with Crippen LogP contribution in [0.25, 0.3) is 0 Å². The monoisotopic (exact) mass is 231 g/mol. The summed E-state index contributed by atoms with van der Waals surface area (Å²) in [6.45, 7) is 0. The zero-order valence-electron chi connectivity index (χ0n) is 7.90. The lowest BCUT2D eigenvalue weighted by atomic mass is 10.1. The first-order chi connectivity index (χ1) is 6.99. The van der Waals surface area contributed by atoms with Crippen LogP contribution in [-0.2, 0) is 4.79 Å². The molecule has 1 aromatic carbocycles. The molecule has 15 heavy (non-hydrogen) atoms. The van der Waals surface area contributed by atoms with Crippen molar-refractivity contribution in [2.75, 3.05) is 7.11 Å². The fourth-order valence-electron chi connectivity index (χ4n) is 1.15. The van der Waals surface area contributed by atoms with E-state index in [0.29, 0.717) is 0 Å². The molecule has 0 saturated carbocycles. The first-order valence-electron chi connectivity index (χ1n) is 4.02. The Morgan fingerprint density at radius 3 is 2.67 bits per heavy atom. The number of carbonyl (C=O) groups is 1. The van der Waals surface area contributed by atoms with Gasteiger partial charge < -0.3 is 20.7 Å². The molecule has 5 nitrogen and oxygen atoms in total. The average Bonchev–Trinajstić information content (AvgIpc) is 2.17. The van der Waals surface area contributed by atoms with Crippen LogP contribution in [0.4, 0.5) is 0 Å². The minimum Gasteiger partial charge on any atom is -0.504 e. The maximum atomic E-state index is 10.7. The molecule has 0 aliphatic heterocycles. The standard InChI is InChI=1S/C9H10ClNO4/c1-15-5-3-2-4(10)6(8(5)12)7(11)9(13)14/h2-3,7,12H,11H2,1H3,(H,13,14). The van der Waals surface area contributed by atoms with Crippen LogP contribution in [0.5, 0.6) is 11.5 Å². The lowest BCUT2D eigenvalue weighted by Gasteiger charge is -2.13. The van der Waals surface area contributed by atoms with Gasteiger partial charge in [0.25, 0.3) is 0 Å². The van der Waals surface area contributed by atoms with Crippen LogP contribution in [0.1, 0.15) is 11.6 Å². The van der Waals surface area contributed by atoms with Gasteiger partial charge in [0.2, 0.25) is 0 Å². The smallest absolute Gasteiger partial charge is 0.325 e. The maximum absolute atomic E-state index is 10.7. The molecular formula is C9H10ClNO4. The van der Waals surface area contributed by atoms with Crippen LogP contribution in [0.3, 0.4) is 0 Å². The number of phenols is 1. The molecule has 0 saturated heterocycles. The summed E-state index contributed by atoms with van der Waals surface area (Å²) in [7, 11) is 1.35. The van der Waals surface area contributed by atoms with Crippen molar-refractivity contribution in [2.24, 2.45) is 5.73 Å². The summed E-state index contributed by atoms with van der Waals surface area (Å²) in [6.07, 6.45) is 0. The van der Waals surface area contributed by atoms with Crippen molar-refractivity contribution < 1.29 is 19.7 Å². The van der Waals surface area contributed by atoms with Crippen molar-refractivity contribution in [1.82, 2.24) is 0 Å². The third-order valence-corrected chi connectivity index (χ3v) is 2.25. The number of hydrogen-bond acceptors (Lipinski definition) is 4. The minimum atomic E-state index is -1.38. The number of aromatic hydroxyl groups is 1. The number of halogens is 1. The molecule has 6 heteroatoms. The molecule has 1 atom stereocenters. The summed E-state index contributed by atoms with van der Waals surface area (Å²) in [6, 6.07) is 1.46. The quantitative estimate of drug-likeness (QED) is 0.725. The third kappa shape index (κ3) is 2.14. The molecule has 0 aromatic heterocycles. The van der Waals surface area contributed by atoms with Gasteiger partial charge >= 0.3 is 5.97 Å². The van der Waals surface area contributed by atoms with Crippen LogP contribution in [-0.4, -0.2) is 23.3 Å². The molecule has 82 valence electrons. The van der Waals surface area contributed by atoms with Gasteiger partial charge in [0.15, 0.2) is 11.5 Å². The Balaban J connectivity index is 3.32. The largest absolute Gasteiger partial charge is 0.504 e. The summed E-state index contributed by atoms with van der Waals surface area (Å²) < 4.78 is 4.81. The van der Waals surface area contributed by atoms with E-state index in [4.69, 9.17) is 27.2 Å². The SMILES string of the molecule is COc1ccc(Cl)c(C(N)C(=O)O)c1O. The molecule has 0 amide bonds. The predicted octanol–water partition coefficient (Wildman–Crippen LogP) is 1.14. The number of hydrogen-bond donors (Lipinski definition) is 3. The Morgan fingerprint density at radius 1 is 1.60 bits per heavy atom. The van der Waals surface area contributed by atoms with Crippen LogP contribution in [0, 0.1) is 0 Å². The van der Waals surface area contributed by atoms with E-state index < -0.39 is 12.0 Å². The fourth-order valence-corrected chi connectivity index (χ4v) is 1.42. The lowest BCUT2D eigenvalue weighted by molar-refractivity contribution is -0.138. The van der Waals surface area contributed by atoms with Gasteiger partial charge in [-0.2, -0.15) is 0 Å². The number of methoxy groups -OCH3 is 1. The van der Waals surface area contributed by atoms with E-state index in [1.165, 1.54) is 19.2 Å². The molecule has 0 aliphatic carbocycles. The van der Waals surface area contributed by atoms with Gasteiger partial charge in [-0.25, -0.2) is 0 Å². The zero-order valence-corrected chi connectivity index (χ0v) is 8.65. The van der Waals surface area contributed by atoms with Crippen LogP contribution in [0.2, 0.25) is 5.02 Å². The summed E-state index contributed by atoms with van der Waals surface area (Å²) in [5, 5.41) is 18.4. The number of nitrogens with two attached hydrogens (primary N) is 1. The maximum Gasteiger partial charge on any atom is 0.325 e. The number of rotatable bonds is 3. The second-order valence-corrected chi connectivity index (χ2v) is 3.24. The van der Waals surface area contributed by atoms with Gasteiger partial charge in [-0.1, -0.05) is 11.6 Å². The molecule has 1 rings (SSSR count). The second kappa shape index (κ2) is 4.37. The number of ether oxygens (including phenoxy) is 1. The molecule has 0 fully saturated rings. The van der Waals surface area contributed by atoms with Crippen molar-refractivity contribution in [3.8, 4) is 11.5 Å². The number of benzene rings is 1. The average molecular weight is 232 g/mol. The first kappa shape index (κ1) is 11.6. The highest BCUT2D eigenvalue weighted by atomic mass is 35.5. The zero-order chi connectivity index (χ0) is 11.6. The Labute approximate surface area is 91.0 Å². The Hall–Kier alpha value is -1.46. The number of aliphatic carboxylic acids is 1. The van der Waals surface area contributed by atoms with E-state index in [9.17, 15) is 9.90 Å². The molecule has 0 bridgehead atoms. The molecule has 4 N–H and O–H groups in total. The second-order valence-electron chi connectivity index (χ2n) is 2.83. The van der Waals surface area contributed by atoms with E-state index >= 15 is 0 Å². The molecular weight excluding hydrogens is 222 g/mol. The van der Waals surface area contributed by atoms with Gasteiger partial charge in [-0.3, -0.25) is 4.79 Å². The van der Waals surface area contributed by atoms with Gasteiger partial charge in [0.1, 0.15) is 6.04 Å². The summed E-state index contributed by atoms with van der Waals surface area (Å²) >= 11 is 5.74. The Morgan fingerprint density at radius 2 is 2.20 bits per heavy atom. The van der Waals surface area contributed by atoms with E-state index in [0.717, 1.165) is 0 Å². The summed E-state index contributed by atoms with van der Waals surface area (Å²) in [5.74, 6) is -1.49. The molecule has 0 aliphatic rings. The molecule has 0 spiro atoms. The van der Waals surface area contributed by atoms with Crippen molar-refractivity contribution in [3.63, 3.8) is 0 Å². The minimum absolute atomic E-state index is 0.0523. The van der Waals surface area contributed by atoms with Crippen molar-refractivity contribution in [2.45, 2.75) is 6.04 Å². The molecule has 1 aromatic rings. The van der Waals surface area contributed by atoms with Crippen LogP contribution < -0.4 is 10.5 Å². The highest BCUT2D eigenvalue weighted by molar-refractivity contribution is 6.32. The van der Waals surface area contributed by atoms with Gasteiger partial charge in [0, 0.05) is 10.6 Å². The first-order valence-corrected chi connectivity index (χ1v) is 4.40. The highest BCUT2D eigenvalue weighted by Gasteiger charge is 2.23. The van der Waals surface area contributed by atoms with E-state index in [-0.39, 0.29) is 22.1 Å². The Bertz CT molecular complexity index is 394. The van der Waals surface area contributed by atoms with Crippen molar-refractivity contribution in [1.29, 1.82) is 0 Å². The molecule has 0 radical (unpaired) electrons. The molecule has 1 unspecified atom stereocenters. The molecule has 0 heterocycles. The number of phenolic OH excluding ortho intramolecular Hbond substituents is 1. The topological polar surface area (TPSA) is 92.8 Å².